The molecule has 4 saturated carbocycles. The molecule has 1 N–H and O–H groups in total. The molecule has 1 nitrogen and oxygen atoms in total. The van der Waals surface area contributed by atoms with E-state index in [2.05, 4.69) is 5.32 Å². The Hall–Kier alpha value is -0.960. The summed E-state index contributed by atoms with van der Waals surface area (Å²) >= 11 is 0. The van der Waals surface area contributed by atoms with Crippen LogP contribution in [0.4, 0.5) is 8.78 Å². The van der Waals surface area contributed by atoms with Crippen LogP contribution in [0, 0.1) is 41.2 Å². The Balaban J connectivity index is 1.65. The average molecular weight is 291 g/mol. The van der Waals surface area contributed by atoms with Crippen LogP contribution in [0.15, 0.2) is 18.2 Å². The zero-order valence-electron chi connectivity index (χ0n) is 12.5. The van der Waals surface area contributed by atoms with Gasteiger partial charge in [0.25, 0.3) is 0 Å². The lowest BCUT2D eigenvalue weighted by Crippen LogP contribution is -2.49. The third kappa shape index (κ3) is 2.21. The number of benzene rings is 1. The molecule has 0 spiro atoms. The predicted molar refractivity (Wildman–Crippen MR) is 78.7 cm³/mol. The molecule has 0 amide bonds. The van der Waals surface area contributed by atoms with Gasteiger partial charge in [-0.15, -0.1) is 0 Å². The highest BCUT2D eigenvalue weighted by Crippen LogP contribution is 2.59. The number of hydrogen-bond donors (Lipinski definition) is 1. The Morgan fingerprint density at radius 3 is 2.10 bits per heavy atom. The molecule has 1 unspecified atom stereocenters. The minimum atomic E-state index is -0.751. The van der Waals surface area contributed by atoms with Crippen molar-refractivity contribution >= 4 is 0 Å². The van der Waals surface area contributed by atoms with Gasteiger partial charge in [-0.1, -0.05) is 6.07 Å². The molecule has 0 radical (unpaired) electrons. The highest BCUT2D eigenvalue weighted by atomic mass is 19.2. The van der Waals surface area contributed by atoms with Gasteiger partial charge in [0.1, 0.15) is 0 Å². The van der Waals surface area contributed by atoms with Crippen LogP contribution in [0.25, 0.3) is 0 Å². The summed E-state index contributed by atoms with van der Waals surface area (Å²) in [6.07, 6.45) is 6.83. The quantitative estimate of drug-likeness (QED) is 0.875. The fourth-order valence-electron chi connectivity index (χ4n) is 5.80. The maximum Gasteiger partial charge on any atom is 0.159 e. The minimum Gasteiger partial charge on any atom is -0.313 e. The highest BCUT2D eigenvalue weighted by Gasteiger charge is 2.50. The van der Waals surface area contributed by atoms with E-state index < -0.39 is 11.6 Å². The number of rotatable bonds is 3. The summed E-state index contributed by atoms with van der Waals surface area (Å²) in [6.45, 7) is 0. The van der Waals surface area contributed by atoms with Crippen molar-refractivity contribution in [3.8, 4) is 0 Å². The van der Waals surface area contributed by atoms with Crippen molar-refractivity contribution in [2.24, 2.45) is 29.6 Å². The first-order chi connectivity index (χ1) is 10.2. The molecule has 4 aliphatic rings. The molecule has 4 bridgehead atoms. The van der Waals surface area contributed by atoms with E-state index in [4.69, 9.17) is 0 Å². The van der Waals surface area contributed by atoms with Crippen molar-refractivity contribution in [2.45, 2.75) is 38.1 Å². The maximum absolute atomic E-state index is 13.6. The van der Waals surface area contributed by atoms with Gasteiger partial charge in [0.15, 0.2) is 11.6 Å². The first kappa shape index (κ1) is 13.7. The van der Waals surface area contributed by atoms with Gasteiger partial charge >= 0.3 is 0 Å². The lowest BCUT2D eigenvalue weighted by Gasteiger charge is -2.56. The normalized spacial score (nSPS) is 38.7. The summed E-state index contributed by atoms with van der Waals surface area (Å²) < 4.78 is 26.8. The van der Waals surface area contributed by atoms with Crippen molar-refractivity contribution < 1.29 is 8.78 Å². The minimum absolute atomic E-state index is 0.162. The lowest BCUT2D eigenvalue weighted by atomic mass is 9.50. The van der Waals surface area contributed by atoms with Crippen LogP contribution < -0.4 is 5.32 Å². The average Bonchev–Trinajstić information content (AvgIpc) is 2.45. The molecule has 0 heterocycles. The first-order valence-electron chi connectivity index (χ1n) is 8.28. The van der Waals surface area contributed by atoms with E-state index in [0.717, 1.165) is 29.2 Å². The van der Waals surface area contributed by atoms with Crippen LogP contribution >= 0.6 is 0 Å². The van der Waals surface area contributed by atoms with Gasteiger partial charge in [-0.05, 0) is 86.4 Å². The molecule has 0 aromatic heterocycles. The zero-order chi connectivity index (χ0) is 14.6. The largest absolute Gasteiger partial charge is 0.313 e. The number of nitrogens with one attached hydrogen (secondary N) is 1. The smallest absolute Gasteiger partial charge is 0.159 e. The Labute approximate surface area is 125 Å². The number of halogens is 2. The molecule has 4 fully saturated rings. The Bertz CT molecular complexity index is 514. The maximum atomic E-state index is 13.6. The molecule has 21 heavy (non-hydrogen) atoms. The third-order valence-electron chi connectivity index (χ3n) is 6.30. The van der Waals surface area contributed by atoms with E-state index in [1.165, 1.54) is 44.2 Å². The monoisotopic (exact) mass is 291 g/mol. The van der Waals surface area contributed by atoms with E-state index in [0.29, 0.717) is 5.92 Å². The van der Waals surface area contributed by atoms with Gasteiger partial charge in [0.2, 0.25) is 0 Å². The molecule has 1 atom stereocenters. The number of hydrogen-bond acceptors (Lipinski definition) is 1. The van der Waals surface area contributed by atoms with Gasteiger partial charge in [0.05, 0.1) is 0 Å². The fraction of sp³-hybridized carbons (Fsp3) is 0.667. The second-order valence-corrected chi connectivity index (χ2v) is 7.45. The van der Waals surface area contributed by atoms with Crippen molar-refractivity contribution in [3.05, 3.63) is 35.4 Å². The van der Waals surface area contributed by atoms with E-state index in [1.54, 1.807) is 6.07 Å². The molecular weight excluding hydrogens is 268 g/mol. The standard InChI is InChI=1S/C18H23F2N/c1-21-18(12-2-3-15(19)16(20)9-12)17-13-5-10-4-11(7-13)8-14(17)6-10/h2-3,9-11,13-14,17-18,21H,4-8H2,1H3. The summed E-state index contributed by atoms with van der Waals surface area (Å²) in [5.41, 5.74) is 0.911. The Morgan fingerprint density at radius 1 is 0.952 bits per heavy atom. The first-order valence-corrected chi connectivity index (χ1v) is 8.28. The van der Waals surface area contributed by atoms with Crippen molar-refractivity contribution in [1.82, 2.24) is 5.32 Å². The zero-order valence-corrected chi connectivity index (χ0v) is 12.5. The molecule has 1 aromatic rings. The van der Waals surface area contributed by atoms with Crippen LogP contribution in [0.2, 0.25) is 0 Å². The molecule has 0 saturated heterocycles. The van der Waals surface area contributed by atoms with E-state index >= 15 is 0 Å². The second kappa shape index (κ2) is 5.05. The fourth-order valence-corrected chi connectivity index (χ4v) is 5.80. The van der Waals surface area contributed by atoms with E-state index in [1.807, 2.05) is 7.05 Å². The Kier molecular flexibility index (Phi) is 3.29. The summed E-state index contributed by atoms with van der Waals surface area (Å²) in [7, 11) is 1.96. The molecule has 1 aromatic carbocycles. The van der Waals surface area contributed by atoms with Crippen molar-refractivity contribution in [2.75, 3.05) is 7.05 Å². The summed E-state index contributed by atoms with van der Waals surface area (Å²) in [6, 6.07) is 4.58. The van der Waals surface area contributed by atoms with E-state index in [-0.39, 0.29) is 6.04 Å². The molecular formula is C18H23F2N. The van der Waals surface area contributed by atoms with Crippen LogP contribution in [0.3, 0.4) is 0 Å². The molecule has 5 rings (SSSR count). The van der Waals surface area contributed by atoms with Crippen molar-refractivity contribution in [1.29, 1.82) is 0 Å². The van der Waals surface area contributed by atoms with Crippen LogP contribution in [0.1, 0.15) is 43.7 Å². The topological polar surface area (TPSA) is 12.0 Å². The SMILES string of the molecule is CNC(c1ccc(F)c(F)c1)C1C2CC3CC(C2)CC1C3. The predicted octanol–water partition coefficient (Wildman–Crippen LogP) is 4.30. The Morgan fingerprint density at radius 2 is 1.57 bits per heavy atom. The van der Waals surface area contributed by atoms with Crippen LogP contribution in [-0.2, 0) is 0 Å². The summed E-state index contributed by atoms with van der Waals surface area (Å²) in [4.78, 5) is 0. The van der Waals surface area contributed by atoms with Gasteiger partial charge < -0.3 is 5.32 Å². The van der Waals surface area contributed by atoms with Gasteiger partial charge in [-0.3, -0.25) is 0 Å². The second-order valence-electron chi connectivity index (χ2n) is 7.45. The van der Waals surface area contributed by atoms with Crippen LogP contribution in [0.5, 0.6) is 0 Å². The molecule has 3 heteroatoms. The molecule has 114 valence electrons. The molecule has 0 aliphatic heterocycles. The highest BCUT2D eigenvalue weighted by molar-refractivity contribution is 5.23. The van der Waals surface area contributed by atoms with E-state index in [9.17, 15) is 8.78 Å². The summed E-state index contributed by atoms with van der Waals surface area (Å²) in [5, 5.41) is 3.40. The lowest BCUT2D eigenvalue weighted by molar-refractivity contribution is -0.0515. The van der Waals surface area contributed by atoms with Crippen molar-refractivity contribution in [3.63, 3.8) is 0 Å². The van der Waals surface area contributed by atoms with Gasteiger partial charge in [-0.2, -0.15) is 0 Å². The summed E-state index contributed by atoms with van der Waals surface area (Å²) in [5.74, 6) is 2.53. The van der Waals surface area contributed by atoms with Gasteiger partial charge in [-0.25, -0.2) is 8.78 Å². The van der Waals surface area contributed by atoms with Crippen LogP contribution in [-0.4, -0.2) is 7.05 Å². The molecule has 4 aliphatic carbocycles. The third-order valence-corrected chi connectivity index (χ3v) is 6.30. The van der Waals surface area contributed by atoms with Gasteiger partial charge in [0, 0.05) is 6.04 Å².